The number of aryl methyl sites for hydroxylation is 1. The van der Waals surface area contributed by atoms with E-state index in [1.54, 1.807) is 17.8 Å². The van der Waals surface area contributed by atoms with E-state index < -0.39 is 0 Å². The van der Waals surface area contributed by atoms with Crippen molar-refractivity contribution >= 4 is 34.2 Å². The Hall–Kier alpha value is -2.33. The highest BCUT2D eigenvalue weighted by Crippen LogP contribution is 2.19. The maximum atomic E-state index is 5.88. The second-order valence-electron chi connectivity index (χ2n) is 3.81. The average molecular weight is 276 g/mol. The molecule has 0 aliphatic carbocycles. The van der Waals surface area contributed by atoms with Gasteiger partial charge in [0.05, 0.1) is 18.1 Å². The summed E-state index contributed by atoms with van der Waals surface area (Å²) in [6.07, 6.45) is 1.68. The number of fused-ring (bicyclic) bond motifs is 3. The van der Waals surface area contributed by atoms with E-state index in [1.807, 2.05) is 0 Å². The fraction of sp³-hybridized carbons (Fsp3) is 0.273. The van der Waals surface area contributed by atoms with Crippen molar-refractivity contribution in [2.45, 2.75) is 13.5 Å². The number of nitrogens with two attached hydrogens (primary N) is 1. The smallest absolute Gasteiger partial charge is 0.226 e. The fourth-order valence-electron chi connectivity index (χ4n) is 1.87. The van der Waals surface area contributed by atoms with Crippen LogP contribution in [-0.4, -0.2) is 35.2 Å². The molecule has 2 N–H and O–H groups in total. The fourth-order valence-corrected chi connectivity index (χ4v) is 2.03. The molecular formula is C11H10ClN7. The summed E-state index contributed by atoms with van der Waals surface area (Å²) in [5.74, 6) is 6.65. The number of halogens is 1. The molecule has 0 amide bonds. The molecule has 96 valence electrons. The third-order valence-corrected chi connectivity index (χ3v) is 2.80. The van der Waals surface area contributed by atoms with Crippen LogP contribution in [-0.2, 0) is 6.54 Å². The van der Waals surface area contributed by atoms with Crippen LogP contribution in [0.2, 0.25) is 0 Å². The summed E-state index contributed by atoms with van der Waals surface area (Å²) in [6.45, 7) is 2.28. The molecule has 0 saturated heterocycles. The second-order valence-corrected chi connectivity index (χ2v) is 4.19. The molecule has 3 aromatic heterocycles. The topological polar surface area (TPSA) is 86.9 Å². The summed E-state index contributed by atoms with van der Waals surface area (Å²) in [5, 5.41) is 9.19. The van der Waals surface area contributed by atoms with Crippen molar-refractivity contribution in [2.24, 2.45) is 0 Å². The van der Waals surface area contributed by atoms with E-state index in [2.05, 4.69) is 32.0 Å². The maximum absolute atomic E-state index is 5.88. The molecule has 0 atom stereocenters. The van der Waals surface area contributed by atoms with Crippen LogP contribution >= 0.6 is 11.6 Å². The van der Waals surface area contributed by atoms with Crippen LogP contribution in [0.3, 0.4) is 0 Å². The molecule has 0 unspecified atom stereocenters. The summed E-state index contributed by atoms with van der Waals surface area (Å²) >= 11 is 5.73. The Balaban J connectivity index is 2.35. The van der Waals surface area contributed by atoms with Crippen molar-refractivity contribution in [3.63, 3.8) is 0 Å². The molecule has 3 rings (SSSR count). The largest absolute Gasteiger partial charge is 0.368 e. The SMILES string of the molecule is CC#Cc1nc2c3cnn(CCCl)c3nc(N)n2n1. The van der Waals surface area contributed by atoms with E-state index in [0.717, 1.165) is 5.39 Å². The van der Waals surface area contributed by atoms with Gasteiger partial charge in [0.15, 0.2) is 11.3 Å². The van der Waals surface area contributed by atoms with Gasteiger partial charge in [-0.05, 0) is 12.8 Å². The van der Waals surface area contributed by atoms with E-state index in [0.29, 0.717) is 29.5 Å². The second kappa shape index (κ2) is 4.40. The average Bonchev–Trinajstić information content (AvgIpc) is 2.96. The highest BCUT2D eigenvalue weighted by molar-refractivity contribution is 6.17. The lowest BCUT2D eigenvalue weighted by molar-refractivity contribution is 0.680. The zero-order valence-electron chi connectivity index (χ0n) is 10.1. The van der Waals surface area contributed by atoms with Crippen LogP contribution in [0.5, 0.6) is 0 Å². The highest BCUT2D eigenvalue weighted by atomic mass is 35.5. The van der Waals surface area contributed by atoms with Crippen molar-refractivity contribution in [1.82, 2.24) is 29.4 Å². The lowest BCUT2D eigenvalue weighted by Gasteiger charge is -2.01. The lowest BCUT2D eigenvalue weighted by Crippen LogP contribution is -2.06. The number of nitrogens with zero attached hydrogens (tertiary/aromatic N) is 6. The van der Waals surface area contributed by atoms with Gasteiger partial charge in [-0.15, -0.1) is 16.7 Å². The Labute approximate surface area is 113 Å². The third kappa shape index (κ3) is 1.77. The maximum Gasteiger partial charge on any atom is 0.226 e. The summed E-state index contributed by atoms with van der Waals surface area (Å²) < 4.78 is 3.16. The molecule has 19 heavy (non-hydrogen) atoms. The molecule has 0 saturated carbocycles. The van der Waals surface area contributed by atoms with Crippen molar-refractivity contribution < 1.29 is 0 Å². The van der Waals surface area contributed by atoms with Gasteiger partial charge in [-0.25, -0.2) is 4.68 Å². The quantitative estimate of drug-likeness (QED) is 0.548. The molecule has 3 heterocycles. The van der Waals surface area contributed by atoms with Gasteiger partial charge in [0, 0.05) is 5.88 Å². The van der Waals surface area contributed by atoms with Gasteiger partial charge < -0.3 is 5.73 Å². The zero-order chi connectivity index (χ0) is 13.4. The summed E-state index contributed by atoms with van der Waals surface area (Å²) in [4.78, 5) is 8.62. The number of nitrogen functional groups attached to an aromatic ring is 1. The van der Waals surface area contributed by atoms with Crippen LogP contribution in [0.25, 0.3) is 16.7 Å². The number of anilines is 1. The first-order valence-corrected chi connectivity index (χ1v) is 6.14. The van der Waals surface area contributed by atoms with E-state index in [1.165, 1.54) is 4.52 Å². The standard InChI is InChI=1S/C11H10ClN7/c1-2-3-8-15-10-7-6-14-18(5-4-12)9(7)16-11(13)19(10)17-8/h6H,4-5H2,1H3,(H2,13,16). The summed E-state index contributed by atoms with van der Waals surface area (Å²) in [6, 6.07) is 0. The monoisotopic (exact) mass is 275 g/mol. The molecule has 0 aliphatic rings. The van der Waals surface area contributed by atoms with Crippen LogP contribution in [0.4, 0.5) is 5.95 Å². The van der Waals surface area contributed by atoms with Gasteiger partial charge in [-0.3, -0.25) is 0 Å². The lowest BCUT2D eigenvalue weighted by atomic mass is 10.4. The van der Waals surface area contributed by atoms with Gasteiger partial charge in [-0.1, -0.05) is 5.92 Å². The van der Waals surface area contributed by atoms with E-state index in [-0.39, 0.29) is 5.95 Å². The molecule has 0 aliphatic heterocycles. The normalized spacial score (nSPS) is 10.8. The number of hydrogen-bond donors (Lipinski definition) is 1. The molecule has 0 spiro atoms. The Morgan fingerprint density at radius 1 is 1.37 bits per heavy atom. The number of rotatable bonds is 2. The van der Waals surface area contributed by atoms with Crippen LogP contribution in [0, 0.1) is 11.8 Å². The van der Waals surface area contributed by atoms with Crippen molar-refractivity contribution in [1.29, 1.82) is 0 Å². The minimum Gasteiger partial charge on any atom is -0.368 e. The van der Waals surface area contributed by atoms with Crippen LogP contribution in [0.15, 0.2) is 6.20 Å². The van der Waals surface area contributed by atoms with E-state index in [9.17, 15) is 0 Å². The zero-order valence-corrected chi connectivity index (χ0v) is 10.9. The van der Waals surface area contributed by atoms with Gasteiger partial charge in [0.2, 0.25) is 11.8 Å². The third-order valence-electron chi connectivity index (χ3n) is 2.63. The Kier molecular flexibility index (Phi) is 2.72. The summed E-state index contributed by atoms with van der Waals surface area (Å²) in [7, 11) is 0. The molecule has 3 aromatic rings. The Morgan fingerprint density at radius 3 is 2.95 bits per heavy atom. The highest BCUT2D eigenvalue weighted by Gasteiger charge is 2.14. The van der Waals surface area contributed by atoms with E-state index in [4.69, 9.17) is 17.3 Å². The molecule has 7 nitrogen and oxygen atoms in total. The van der Waals surface area contributed by atoms with Crippen molar-refractivity contribution in [2.75, 3.05) is 11.6 Å². The number of hydrogen-bond acceptors (Lipinski definition) is 5. The van der Waals surface area contributed by atoms with Gasteiger partial charge in [0.25, 0.3) is 0 Å². The summed E-state index contributed by atoms with van der Waals surface area (Å²) in [5.41, 5.74) is 7.13. The molecule has 8 heteroatoms. The minimum absolute atomic E-state index is 0.246. The van der Waals surface area contributed by atoms with Gasteiger partial charge >= 0.3 is 0 Å². The number of aromatic nitrogens is 6. The predicted molar refractivity (Wildman–Crippen MR) is 71.8 cm³/mol. The van der Waals surface area contributed by atoms with Crippen molar-refractivity contribution in [3.8, 4) is 11.8 Å². The number of alkyl halides is 1. The van der Waals surface area contributed by atoms with E-state index >= 15 is 0 Å². The van der Waals surface area contributed by atoms with Gasteiger partial charge in [-0.2, -0.15) is 19.6 Å². The Bertz CT molecular complexity index is 820. The first kappa shape index (κ1) is 11.7. The molecule has 0 bridgehead atoms. The first-order valence-electron chi connectivity index (χ1n) is 5.61. The molecule has 0 fully saturated rings. The van der Waals surface area contributed by atoms with Crippen LogP contribution in [0.1, 0.15) is 12.7 Å². The first-order chi connectivity index (χ1) is 9.24. The van der Waals surface area contributed by atoms with Gasteiger partial charge in [0.1, 0.15) is 0 Å². The molecule has 0 radical (unpaired) electrons. The minimum atomic E-state index is 0.246. The molecular weight excluding hydrogens is 266 g/mol. The Morgan fingerprint density at radius 2 is 2.21 bits per heavy atom. The molecule has 0 aromatic carbocycles. The van der Waals surface area contributed by atoms with Crippen molar-refractivity contribution in [3.05, 3.63) is 12.0 Å². The predicted octanol–water partition coefficient (Wildman–Crippen LogP) is 0.666. The van der Waals surface area contributed by atoms with Crippen LogP contribution < -0.4 is 5.73 Å².